The van der Waals surface area contributed by atoms with Crippen LogP contribution in [0.4, 0.5) is 17.2 Å². The lowest BCUT2D eigenvalue weighted by Crippen LogP contribution is -2.37. The summed E-state index contributed by atoms with van der Waals surface area (Å²) in [4.78, 5) is 16.5. The van der Waals surface area contributed by atoms with Crippen LogP contribution >= 0.6 is 0 Å². The van der Waals surface area contributed by atoms with Crippen LogP contribution in [0, 0.1) is 0 Å². The van der Waals surface area contributed by atoms with E-state index in [0.717, 1.165) is 10.6 Å². The van der Waals surface area contributed by atoms with Gasteiger partial charge < -0.3 is 10.1 Å². The summed E-state index contributed by atoms with van der Waals surface area (Å²) in [5, 5.41) is 2.58. The molecule has 1 amide bonds. The number of nitrogens with zero attached hydrogens (tertiary/aromatic N) is 2. The number of hydrogen-bond donors (Lipinski definition) is 2. The summed E-state index contributed by atoms with van der Waals surface area (Å²) in [6.45, 7) is 1.84. The molecule has 0 aliphatic heterocycles. The van der Waals surface area contributed by atoms with E-state index in [9.17, 15) is 21.6 Å². The molecule has 3 aromatic rings. The molecule has 2 aromatic carbocycles. The number of sulfonamides is 2. The molecule has 0 saturated carbocycles. The van der Waals surface area contributed by atoms with Gasteiger partial charge in [-0.05, 0) is 67.6 Å². The fraction of sp³-hybridized carbons (Fsp3) is 0.182. The smallest absolute Gasteiger partial charge is 0.263 e. The van der Waals surface area contributed by atoms with Crippen LogP contribution in [0.25, 0.3) is 0 Å². The van der Waals surface area contributed by atoms with Crippen LogP contribution in [-0.2, 0) is 24.8 Å². The van der Waals surface area contributed by atoms with Gasteiger partial charge in [-0.2, -0.15) is 0 Å². The number of rotatable bonds is 10. The average Bonchev–Trinajstić information content (AvgIpc) is 2.78. The maximum Gasteiger partial charge on any atom is 0.263 e. The predicted octanol–water partition coefficient (Wildman–Crippen LogP) is 2.69. The summed E-state index contributed by atoms with van der Waals surface area (Å²) in [6, 6.07) is 16.6. The number of amides is 1. The Morgan fingerprint density at radius 1 is 0.971 bits per heavy atom. The van der Waals surface area contributed by atoms with Crippen molar-refractivity contribution in [3.8, 4) is 5.75 Å². The highest BCUT2D eigenvalue weighted by atomic mass is 32.2. The summed E-state index contributed by atoms with van der Waals surface area (Å²) in [6.07, 6.45) is 2.47. The molecule has 0 aliphatic rings. The minimum atomic E-state index is -3.86. The number of pyridine rings is 1. The molecule has 1 heterocycles. The van der Waals surface area contributed by atoms with E-state index in [-0.39, 0.29) is 10.7 Å². The highest BCUT2D eigenvalue weighted by Gasteiger charge is 2.21. The summed E-state index contributed by atoms with van der Waals surface area (Å²) in [5.41, 5.74) is 0.616. The van der Waals surface area contributed by atoms with E-state index in [4.69, 9.17) is 4.74 Å². The van der Waals surface area contributed by atoms with Crippen molar-refractivity contribution < 1.29 is 26.4 Å². The summed E-state index contributed by atoms with van der Waals surface area (Å²) in [7, 11) is -7.61. The molecule has 0 spiro atoms. The second-order valence-electron chi connectivity index (χ2n) is 7.09. The second-order valence-corrected chi connectivity index (χ2v) is 10.7. The summed E-state index contributed by atoms with van der Waals surface area (Å²) in [5.74, 6) is 0.160. The number of nitrogens with one attached hydrogen (secondary N) is 2. The lowest BCUT2D eigenvalue weighted by molar-refractivity contribution is -0.114. The van der Waals surface area contributed by atoms with E-state index in [0.29, 0.717) is 23.7 Å². The van der Waals surface area contributed by atoms with Gasteiger partial charge in [-0.1, -0.05) is 6.07 Å². The standard InChI is InChI=1S/C22H24N4O6S2/c1-3-32-19-11-9-18(10-12-19)26(33(2,28)29)16-22(27)24-17-7-13-20(14-8-17)34(30,31)25-21-6-4-5-15-23-21/h4-15H,3,16H2,1-2H3,(H,23,25)(H,24,27). The maximum atomic E-state index is 12.6. The largest absolute Gasteiger partial charge is 0.494 e. The highest BCUT2D eigenvalue weighted by molar-refractivity contribution is 7.92. The number of carbonyl (C=O) groups excluding carboxylic acids is 1. The molecule has 34 heavy (non-hydrogen) atoms. The van der Waals surface area contributed by atoms with Gasteiger partial charge in [-0.25, -0.2) is 21.8 Å². The van der Waals surface area contributed by atoms with Gasteiger partial charge in [0.15, 0.2) is 0 Å². The second kappa shape index (κ2) is 10.5. The lowest BCUT2D eigenvalue weighted by atomic mass is 10.3. The van der Waals surface area contributed by atoms with Gasteiger partial charge in [0.05, 0.1) is 23.4 Å². The summed E-state index contributed by atoms with van der Waals surface area (Å²) >= 11 is 0. The van der Waals surface area contributed by atoms with Gasteiger partial charge in [-0.15, -0.1) is 0 Å². The Morgan fingerprint density at radius 3 is 2.21 bits per heavy atom. The quantitative estimate of drug-likeness (QED) is 0.433. The molecule has 3 rings (SSSR count). The van der Waals surface area contributed by atoms with Crippen molar-refractivity contribution in [3.05, 3.63) is 72.9 Å². The Hall–Kier alpha value is -3.64. The SMILES string of the molecule is CCOc1ccc(N(CC(=O)Nc2ccc(S(=O)(=O)Nc3ccccn3)cc2)S(C)(=O)=O)cc1. The lowest BCUT2D eigenvalue weighted by Gasteiger charge is -2.22. The van der Waals surface area contributed by atoms with Crippen molar-refractivity contribution in [1.29, 1.82) is 0 Å². The fourth-order valence-electron chi connectivity index (χ4n) is 2.94. The number of hydrogen-bond acceptors (Lipinski definition) is 7. The van der Waals surface area contributed by atoms with Crippen molar-refractivity contribution in [3.63, 3.8) is 0 Å². The van der Waals surface area contributed by atoms with E-state index in [1.54, 1.807) is 36.4 Å². The zero-order valence-corrected chi connectivity index (χ0v) is 20.1. The third kappa shape index (κ3) is 6.68. The van der Waals surface area contributed by atoms with Crippen LogP contribution in [0.3, 0.4) is 0 Å². The first-order chi connectivity index (χ1) is 16.1. The maximum absolute atomic E-state index is 12.6. The van der Waals surface area contributed by atoms with Gasteiger partial charge in [0, 0.05) is 11.9 Å². The molecule has 0 unspecified atom stereocenters. The molecule has 0 atom stereocenters. The Morgan fingerprint density at radius 2 is 1.65 bits per heavy atom. The van der Waals surface area contributed by atoms with Crippen molar-refractivity contribution in [2.45, 2.75) is 11.8 Å². The molecule has 1 aromatic heterocycles. The monoisotopic (exact) mass is 504 g/mol. The van der Waals surface area contributed by atoms with Crippen molar-refractivity contribution in [2.75, 3.05) is 33.8 Å². The minimum absolute atomic E-state index is 0.0247. The van der Waals surface area contributed by atoms with Crippen LogP contribution in [0.1, 0.15) is 6.92 Å². The Labute approximate surface area is 198 Å². The number of carbonyl (C=O) groups is 1. The third-order valence-electron chi connectivity index (χ3n) is 4.48. The molecule has 12 heteroatoms. The molecule has 0 saturated heterocycles. The van der Waals surface area contributed by atoms with Crippen LogP contribution in [-0.4, -0.2) is 47.1 Å². The average molecular weight is 505 g/mol. The molecular formula is C22H24N4O6S2. The number of aromatic nitrogens is 1. The molecule has 0 radical (unpaired) electrons. The molecule has 10 nitrogen and oxygen atoms in total. The fourth-order valence-corrected chi connectivity index (χ4v) is 4.81. The van der Waals surface area contributed by atoms with E-state index in [1.165, 1.54) is 36.5 Å². The van der Waals surface area contributed by atoms with Crippen LogP contribution in [0.2, 0.25) is 0 Å². The zero-order chi connectivity index (χ0) is 24.8. The first kappa shape index (κ1) is 25.0. The number of ether oxygens (including phenoxy) is 1. The molecule has 2 N–H and O–H groups in total. The third-order valence-corrected chi connectivity index (χ3v) is 6.99. The van der Waals surface area contributed by atoms with Gasteiger partial charge in [0.2, 0.25) is 15.9 Å². The Balaban J connectivity index is 1.69. The van der Waals surface area contributed by atoms with E-state index >= 15 is 0 Å². The molecule has 0 bridgehead atoms. The Bertz CT molecular complexity index is 1330. The first-order valence-corrected chi connectivity index (χ1v) is 13.5. The van der Waals surface area contributed by atoms with E-state index < -0.39 is 32.5 Å². The van der Waals surface area contributed by atoms with Crippen LogP contribution in [0.15, 0.2) is 77.8 Å². The van der Waals surface area contributed by atoms with E-state index in [1.807, 2.05) is 6.92 Å². The van der Waals surface area contributed by atoms with Crippen LogP contribution < -0.4 is 19.1 Å². The topological polar surface area (TPSA) is 135 Å². The molecule has 180 valence electrons. The van der Waals surface area contributed by atoms with Gasteiger partial charge in [0.1, 0.15) is 18.1 Å². The van der Waals surface area contributed by atoms with Crippen LogP contribution in [0.5, 0.6) is 5.75 Å². The molecule has 0 aliphatic carbocycles. The normalized spacial score (nSPS) is 11.5. The molecule has 0 fully saturated rings. The van der Waals surface area contributed by atoms with E-state index in [2.05, 4.69) is 15.0 Å². The Kier molecular flexibility index (Phi) is 7.74. The van der Waals surface area contributed by atoms with Crippen molar-refractivity contribution in [1.82, 2.24) is 4.98 Å². The minimum Gasteiger partial charge on any atom is -0.494 e. The molecular weight excluding hydrogens is 480 g/mol. The highest BCUT2D eigenvalue weighted by Crippen LogP contribution is 2.22. The van der Waals surface area contributed by atoms with Gasteiger partial charge in [-0.3, -0.25) is 13.8 Å². The number of benzene rings is 2. The van der Waals surface area contributed by atoms with Gasteiger partial charge in [0.25, 0.3) is 10.0 Å². The van der Waals surface area contributed by atoms with Crippen molar-refractivity contribution >= 4 is 43.1 Å². The summed E-state index contributed by atoms with van der Waals surface area (Å²) < 4.78 is 58.2. The predicted molar refractivity (Wildman–Crippen MR) is 130 cm³/mol. The zero-order valence-electron chi connectivity index (χ0n) is 18.5. The van der Waals surface area contributed by atoms with Gasteiger partial charge >= 0.3 is 0 Å². The first-order valence-electron chi connectivity index (χ1n) is 10.1. The number of anilines is 3. The van der Waals surface area contributed by atoms with Crippen molar-refractivity contribution in [2.24, 2.45) is 0 Å².